The van der Waals surface area contributed by atoms with Crippen molar-refractivity contribution in [3.8, 4) is 0 Å². The normalized spacial score (nSPS) is 12.5. The summed E-state index contributed by atoms with van der Waals surface area (Å²) in [5.74, 6) is 0.694. The average Bonchev–Trinajstić information content (AvgIpc) is 3.07. The Morgan fingerprint density at radius 3 is 2.95 bits per heavy atom. The van der Waals surface area contributed by atoms with E-state index in [-0.39, 0.29) is 11.9 Å². The van der Waals surface area contributed by atoms with Crippen molar-refractivity contribution in [3.05, 3.63) is 52.5 Å². The molecule has 0 saturated carbocycles. The van der Waals surface area contributed by atoms with Gasteiger partial charge >= 0.3 is 0 Å². The number of amides is 1. The molecule has 0 bridgehead atoms. The van der Waals surface area contributed by atoms with Crippen LogP contribution in [0.15, 0.2) is 41.1 Å². The van der Waals surface area contributed by atoms with E-state index in [1.165, 1.54) is 11.3 Å². The van der Waals surface area contributed by atoms with E-state index in [9.17, 15) is 4.79 Å². The van der Waals surface area contributed by atoms with E-state index in [2.05, 4.69) is 15.3 Å². The fraction of sp³-hybridized carbons (Fsp3) is 0.143. The van der Waals surface area contributed by atoms with E-state index in [4.69, 9.17) is 0 Å². The molecule has 0 aliphatic carbocycles. The zero-order valence-electron chi connectivity index (χ0n) is 10.4. The molecule has 1 aromatic carbocycles. The van der Waals surface area contributed by atoms with Crippen LogP contribution in [-0.2, 0) is 0 Å². The number of fused-ring (bicyclic) bond motifs is 1. The van der Waals surface area contributed by atoms with Gasteiger partial charge in [-0.05, 0) is 30.5 Å². The van der Waals surface area contributed by atoms with E-state index in [1.54, 1.807) is 0 Å². The average molecular weight is 271 g/mol. The Hall–Kier alpha value is -2.14. The monoisotopic (exact) mass is 271 g/mol. The summed E-state index contributed by atoms with van der Waals surface area (Å²) >= 11 is 1.51. The summed E-state index contributed by atoms with van der Waals surface area (Å²) in [5.41, 5.74) is 2.58. The molecule has 19 heavy (non-hydrogen) atoms. The van der Waals surface area contributed by atoms with E-state index in [0.29, 0.717) is 5.56 Å². The third-order valence-electron chi connectivity index (χ3n) is 2.95. The van der Waals surface area contributed by atoms with Crippen LogP contribution in [0, 0.1) is 0 Å². The van der Waals surface area contributed by atoms with Crippen LogP contribution in [0.5, 0.6) is 0 Å². The molecule has 0 aliphatic rings. The fourth-order valence-electron chi connectivity index (χ4n) is 1.92. The second-order valence-electron chi connectivity index (χ2n) is 4.35. The van der Waals surface area contributed by atoms with Crippen molar-refractivity contribution in [3.63, 3.8) is 0 Å². The van der Waals surface area contributed by atoms with Gasteiger partial charge in [0.15, 0.2) is 0 Å². The Morgan fingerprint density at radius 2 is 2.21 bits per heavy atom. The minimum Gasteiger partial charge on any atom is -0.342 e. The summed E-state index contributed by atoms with van der Waals surface area (Å²) < 4.78 is 0. The summed E-state index contributed by atoms with van der Waals surface area (Å²) in [6.45, 7) is 1.92. The second kappa shape index (κ2) is 4.85. The quantitative estimate of drug-likeness (QED) is 0.769. The van der Waals surface area contributed by atoms with Gasteiger partial charge < -0.3 is 10.3 Å². The summed E-state index contributed by atoms with van der Waals surface area (Å²) in [6, 6.07) is 9.48. The largest absolute Gasteiger partial charge is 0.342 e. The second-order valence-corrected chi connectivity index (χ2v) is 5.13. The molecule has 2 heterocycles. The lowest BCUT2D eigenvalue weighted by Crippen LogP contribution is -2.26. The predicted molar refractivity (Wildman–Crippen MR) is 76.3 cm³/mol. The van der Waals surface area contributed by atoms with Crippen molar-refractivity contribution in [2.45, 2.75) is 13.0 Å². The molecule has 4 nitrogen and oxygen atoms in total. The lowest BCUT2D eigenvalue weighted by Gasteiger charge is -2.10. The molecule has 0 fully saturated rings. The number of aromatic nitrogens is 2. The minimum atomic E-state index is -0.153. The number of carbonyl (C=O) groups is 1. The number of rotatable bonds is 3. The topological polar surface area (TPSA) is 57.8 Å². The molecule has 1 amide bonds. The predicted octanol–water partition coefficient (Wildman–Crippen LogP) is 3.12. The van der Waals surface area contributed by atoms with Gasteiger partial charge in [-0.15, -0.1) is 0 Å². The van der Waals surface area contributed by atoms with Crippen molar-refractivity contribution < 1.29 is 4.79 Å². The van der Waals surface area contributed by atoms with E-state index in [0.717, 1.165) is 16.9 Å². The van der Waals surface area contributed by atoms with E-state index >= 15 is 0 Å². The third-order valence-corrected chi connectivity index (χ3v) is 3.63. The highest BCUT2D eigenvalue weighted by Crippen LogP contribution is 2.16. The van der Waals surface area contributed by atoms with Crippen LogP contribution in [0.4, 0.5) is 0 Å². The van der Waals surface area contributed by atoms with Gasteiger partial charge in [0.25, 0.3) is 5.91 Å². The number of imidazole rings is 1. The Morgan fingerprint density at radius 1 is 1.37 bits per heavy atom. The molecule has 2 aromatic heterocycles. The maximum Gasteiger partial charge on any atom is 0.252 e. The number of H-pyrrole nitrogens is 1. The molecular formula is C14H13N3OS. The Balaban J connectivity index is 1.80. The minimum absolute atomic E-state index is 0.0748. The first-order valence-corrected chi connectivity index (χ1v) is 6.96. The van der Waals surface area contributed by atoms with Gasteiger partial charge in [-0.2, -0.15) is 11.3 Å². The van der Waals surface area contributed by atoms with Crippen LogP contribution in [0.25, 0.3) is 11.0 Å². The Labute approximate surface area is 114 Å². The smallest absolute Gasteiger partial charge is 0.252 e. The SMILES string of the molecule is C[C@H](NC(=O)c1ccsc1)c1nc2ccccc2[nH]1. The van der Waals surface area contributed by atoms with Crippen molar-refractivity contribution in [2.75, 3.05) is 0 Å². The molecule has 0 saturated heterocycles. The zero-order chi connectivity index (χ0) is 13.2. The molecule has 0 aliphatic heterocycles. The number of para-hydroxylation sites is 2. The lowest BCUT2D eigenvalue weighted by molar-refractivity contribution is 0.0939. The van der Waals surface area contributed by atoms with Crippen LogP contribution in [-0.4, -0.2) is 15.9 Å². The Bertz CT molecular complexity index is 669. The lowest BCUT2D eigenvalue weighted by atomic mass is 10.2. The zero-order valence-corrected chi connectivity index (χ0v) is 11.2. The number of thiophene rings is 1. The molecule has 3 aromatic rings. The van der Waals surface area contributed by atoms with Crippen LogP contribution in [0.3, 0.4) is 0 Å². The number of nitrogens with zero attached hydrogens (tertiary/aromatic N) is 1. The van der Waals surface area contributed by atoms with Crippen LogP contribution >= 0.6 is 11.3 Å². The molecule has 0 unspecified atom stereocenters. The molecule has 0 spiro atoms. The van der Waals surface area contributed by atoms with E-state index in [1.807, 2.05) is 48.0 Å². The first-order valence-electron chi connectivity index (χ1n) is 6.02. The molecule has 0 radical (unpaired) electrons. The maximum absolute atomic E-state index is 12.0. The van der Waals surface area contributed by atoms with Gasteiger partial charge in [0.1, 0.15) is 5.82 Å². The summed E-state index contributed by atoms with van der Waals surface area (Å²) in [6.07, 6.45) is 0. The van der Waals surface area contributed by atoms with Gasteiger partial charge in [-0.3, -0.25) is 4.79 Å². The highest BCUT2D eigenvalue weighted by molar-refractivity contribution is 7.08. The van der Waals surface area contributed by atoms with Gasteiger partial charge in [-0.1, -0.05) is 12.1 Å². The number of nitrogens with one attached hydrogen (secondary N) is 2. The van der Waals surface area contributed by atoms with Gasteiger partial charge in [0.05, 0.1) is 22.6 Å². The van der Waals surface area contributed by atoms with Gasteiger partial charge in [0.2, 0.25) is 0 Å². The highest BCUT2D eigenvalue weighted by atomic mass is 32.1. The first-order chi connectivity index (χ1) is 9.24. The third kappa shape index (κ3) is 2.37. The van der Waals surface area contributed by atoms with Gasteiger partial charge in [-0.25, -0.2) is 4.98 Å². The fourth-order valence-corrected chi connectivity index (χ4v) is 2.56. The number of hydrogen-bond acceptors (Lipinski definition) is 3. The van der Waals surface area contributed by atoms with E-state index < -0.39 is 0 Å². The summed E-state index contributed by atoms with van der Waals surface area (Å²) in [4.78, 5) is 19.7. The molecule has 1 atom stereocenters. The summed E-state index contributed by atoms with van der Waals surface area (Å²) in [5, 5.41) is 6.66. The van der Waals surface area contributed by atoms with Gasteiger partial charge in [0, 0.05) is 5.38 Å². The van der Waals surface area contributed by atoms with Crippen molar-refractivity contribution in [2.24, 2.45) is 0 Å². The van der Waals surface area contributed by atoms with Crippen LogP contribution in [0.1, 0.15) is 29.1 Å². The van der Waals surface area contributed by atoms with Crippen molar-refractivity contribution >= 4 is 28.3 Å². The highest BCUT2D eigenvalue weighted by Gasteiger charge is 2.14. The van der Waals surface area contributed by atoms with Crippen LogP contribution < -0.4 is 5.32 Å². The summed E-state index contributed by atoms with van der Waals surface area (Å²) in [7, 11) is 0. The first kappa shape index (κ1) is 11.9. The number of benzene rings is 1. The van der Waals surface area contributed by atoms with Crippen LogP contribution in [0.2, 0.25) is 0 Å². The molecule has 2 N–H and O–H groups in total. The van der Waals surface area contributed by atoms with Crippen molar-refractivity contribution in [1.29, 1.82) is 0 Å². The number of hydrogen-bond donors (Lipinski definition) is 2. The maximum atomic E-state index is 12.0. The molecule has 96 valence electrons. The number of carbonyl (C=O) groups excluding carboxylic acids is 1. The van der Waals surface area contributed by atoms with Crippen molar-refractivity contribution in [1.82, 2.24) is 15.3 Å². The molecule has 5 heteroatoms. The number of aromatic amines is 1. The standard InChI is InChI=1S/C14H13N3OS/c1-9(15-14(18)10-6-7-19-8-10)13-16-11-4-2-3-5-12(11)17-13/h2-9H,1H3,(H,15,18)(H,16,17)/t9-/m0/s1. The molecular weight excluding hydrogens is 258 g/mol. The molecule has 3 rings (SSSR count). The Kier molecular flexibility index (Phi) is 3.05.